The third-order valence-corrected chi connectivity index (χ3v) is 8.07. The van der Waals surface area contributed by atoms with Crippen molar-refractivity contribution in [2.24, 2.45) is 17.9 Å². The van der Waals surface area contributed by atoms with Crippen molar-refractivity contribution in [3.8, 4) is 11.8 Å². The predicted octanol–water partition coefficient (Wildman–Crippen LogP) is 1.77. The van der Waals surface area contributed by atoms with Gasteiger partial charge in [0.05, 0.1) is 17.6 Å². The number of amides is 3. The van der Waals surface area contributed by atoms with E-state index in [1.807, 2.05) is 12.1 Å². The van der Waals surface area contributed by atoms with Crippen LogP contribution in [-0.2, 0) is 16.6 Å². The van der Waals surface area contributed by atoms with Gasteiger partial charge in [0.25, 0.3) is 0 Å². The number of hydrogen-bond acceptors (Lipinski definition) is 5. The summed E-state index contributed by atoms with van der Waals surface area (Å²) in [6.45, 7) is 9.15. The van der Waals surface area contributed by atoms with E-state index < -0.39 is 18.0 Å². The number of carboxylic acid groups (broad SMARTS) is 1. The molecule has 3 aliphatic heterocycles. The van der Waals surface area contributed by atoms with E-state index in [0.717, 1.165) is 18.5 Å². The molecule has 3 atom stereocenters. The average Bonchev–Trinajstić information content (AvgIpc) is 3.34. The maximum Gasteiger partial charge on any atom is 0.407 e. The second-order valence-corrected chi connectivity index (χ2v) is 11.7. The van der Waals surface area contributed by atoms with Crippen molar-refractivity contribution in [1.82, 2.24) is 24.3 Å². The largest absolute Gasteiger partial charge is 0.465 e. The summed E-state index contributed by atoms with van der Waals surface area (Å²) < 4.78 is 2.97. The van der Waals surface area contributed by atoms with Crippen LogP contribution in [0.3, 0.4) is 0 Å². The third-order valence-electron chi connectivity index (χ3n) is 8.07. The van der Waals surface area contributed by atoms with Crippen LogP contribution >= 0.6 is 0 Å². The summed E-state index contributed by atoms with van der Waals surface area (Å²) in [5.41, 5.74) is 1.74. The van der Waals surface area contributed by atoms with Crippen LogP contribution in [0.25, 0.3) is 11.0 Å². The SMILES string of the molecule is Cn1c(=O)n(C2CCC(=O)NC2=O)c2ccc(C#CCN3CC4(CCN(C(=O)O)C4)C3C(C)(C)C)cc21. The van der Waals surface area contributed by atoms with Gasteiger partial charge in [-0.3, -0.25) is 28.9 Å². The number of piperidine rings is 1. The molecule has 1 aromatic heterocycles. The fraction of sp³-hybridized carbons (Fsp3) is 0.556. The van der Waals surface area contributed by atoms with Crippen molar-refractivity contribution in [3.63, 3.8) is 0 Å². The molecular weight excluding hydrogens is 474 g/mol. The first-order valence-corrected chi connectivity index (χ1v) is 12.7. The number of hydrogen-bond donors (Lipinski definition) is 2. The van der Waals surface area contributed by atoms with E-state index >= 15 is 0 Å². The third kappa shape index (κ3) is 4.21. The first-order chi connectivity index (χ1) is 17.4. The maximum absolute atomic E-state index is 13.0. The molecule has 1 spiro atoms. The van der Waals surface area contributed by atoms with Gasteiger partial charge in [0.15, 0.2) is 0 Å². The zero-order valence-electron chi connectivity index (χ0n) is 21.7. The van der Waals surface area contributed by atoms with Crippen molar-refractivity contribution in [2.75, 3.05) is 26.2 Å². The van der Waals surface area contributed by atoms with Gasteiger partial charge >= 0.3 is 11.8 Å². The van der Waals surface area contributed by atoms with Gasteiger partial charge in [0.2, 0.25) is 11.8 Å². The van der Waals surface area contributed by atoms with E-state index in [2.05, 4.69) is 42.8 Å². The summed E-state index contributed by atoms with van der Waals surface area (Å²) >= 11 is 0. The lowest BCUT2D eigenvalue weighted by Crippen LogP contribution is -2.70. The Labute approximate surface area is 215 Å². The fourth-order valence-corrected chi connectivity index (χ4v) is 6.80. The summed E-state index contributed by atoms with van der Waals surface area (Å²) in [5, 5.41) is 11.8. The minimum Gasteiger partial charge on any atom is -0.465 e. The number of aromatic nitrogens is 2. The number of imidazole rings is 1. The maximum atomic E-state index is 13.0. The van der Waals surface area contributed by atoms with Crippen molar-refractivity contribution in [2.45, 2.75) is 52.1 Å². The number of carbonyl (C=O) groups excluding carboxylic acids is 2. The standard InChI is InChI=1S/C27H33N5O5/c1-26(2,3)23-27(11-13-31(16-27)25(36)37)15-30(23)12-5-6-17-7-8-18-20(14-17)29(4)24(35)32(18)19-9-10-21(33)28-22(19)34/h7-8,14,19,23H,9-13,15-16H2,1-4H3,(H,36,37)(H,28,33,34). The lowest BCUT2D eigenvalue weighted by Gasteiger charge is -2.60. The number of nitrogens with zero attached hydrogens (tertiary/aromatic N) is 4. The van der Waals surface area contributed by atoms with Gasteiger partial charge in [-0.1, -0.05) is 32.6 Å². The minimum atomic E-state index is -0.848. The number of carbonyl (C=O) groups is 3. The number of aryl methyl sites for hydroxylation is 1. The van der Waals surface area contributed by atoms with Gasteiger partial charge in [-0.25, -0.2) is 9.59 Å². The summed E-state index contributed by atoms with van der Waals surface area (Å²) in [6, 6.07) is 5.03. The Balaban J connectivity index is 1.35. The molecule has 37 heavy (non-hydrogen) atoms. The number of nitrogens with one attached hydrogen (secondary N) is 1. The van der Waals surface area contributed by atoms with Gasteiger partial charge in [-0.05, 0) is 36.5 Å². The normalized spacial score (nSPS) is 26.2. The second-order valence-electron chi connectivity index (χ2n) is 11.7. The first kappa shape index (κ1) is 25.1. The Kier molecular flexibility index (Phi) is 5.94. The summed E-state index contributed by atoms with van der Waals surface area (Å²) in [5.74, 6) is 5.72. The molecule has 4 heterocycles. The number of rotatable bonds is 2. The van der Waals surface area contributed by atoms with Crippen LogP contribution < -0.4 is 11.0 Å². The van der Waals surface area contributed by atoms with E-state index in [9.17, 15) is 24.3 Å². The Bertz CT molecular complexity index is 1420. The van der Waals surface area contributed by atoms with Crippen LogP contribution in [0.15, 0.2) is 23.0 Å². The highest BCUT2D eigenvalue weighted by Crippen LogP contribution is 2.51. The highest BCUT2D eigenvalue weighted by Gasteiger charge is 2.59. The Morgan fingerprint density at radius 3 is 2.59 bits per heavy atom. The van der Waals surface area contributed by atoms with Crippen LogP contribution in [0.1, 0.15) is 51.6 Å². The first-order valence-electron chi connectivity index (χ1n) is 12.7. The van der Waals surface area contributed by atoms with Gasteiger partial charge in [-0.15, -0.1) is 0 Å². The molecule has 5 rings (SSSR count). The van der Waals surface area contributed by atoms with E-state index in [4.69, 9.17) is 0 Å². The quantitative estimate of drug-likeness (QED) is 0.473. The van der Waals surface area contributed by atoms with Gasteiger partial charge in [-0.2, -0.15) is 0 Å². The van der Waals surface area contributed by atoms with Gasteiger partial charge in [0, 0.05) is 50.1 Å². The molecule has 3 amide bonds. The second kappa shape index (κ2) is 8.77. The minimum absolute atomic E-state index is 0.00936. The topological polar surface area (TPSA) is 117 Å². The number of benzene rings is 1. The molecule has 0 radical (unpaired) electrons. The molecule has 0 aliphatic carbocycles. The predicted molar refractivity (Wildman–Crippen MR) is 137 cm³/mol. The molecule has 10 nitrogen and oxygen atoms in total. The van der Waals surface area contributed by atoms with Crippen molar-refractivity contribution in [3.05, 3.63) is 34.2 Å². The van der Waals surface area contributed by atoms with Crippen LogP contribution in [0.5, 0.6) is 0 Å². The smallest absolute Gasteiger partial charge is 0.407 e. The zero-order chi connectivity index (χ0) is 26.7. The molecular formula is C27H33N5O5. The van der Waals surface area contributed by atoms with E-state index in [0.29, 0.717) is 37.1 Å². The van der Waals surface area contributed by atoms with Crippen LogP contribution in [0.4, 0.5) is 4.79 Å². The number of likely N-dealkylation sites (tertiary alicyclic amines) is 2. The molecule has 1 aromatic carbocycles. The Morgan fingerprint density at radius 2 is 1.95 bits per heavy atom. The monoisotopic (exact) mass is 507 g/mol. The van der Waals surface area contributed by atoms with Crippen molar-refractivity contribution >= 4 is 28.9 Å². The van der Waals surface area contributed by atoms with Crippen LogP contribution in [0, 0.1) is 22.7 Å². The molecule has 2 N–H and O–H groups in total. The Morgan fingerprint density at radius 1 is 1.19 bits per heavy atom. The molecule has 3 fully saturated rings. The van der Waals surface area contributed by atoms with E-state index in [1.165, 1.54) is 14.0 Å². The lowest BCUT2D eigenvalue weighted by molar-refractivity contribution is -0.135. The molecule has 2 aromatic rings. The average molecular weight is 508 g/mol. The molecule has 0 saturated carbocycles. The zero-order valence-corrected chi connectivity index (χ0v) is 21.7. The highest BCUT2D eigenvalue weighted by atomic mass is 16.4. The van der Waals surface area contributed by atoms with Crippen LogP contribution in [0.2, 0.25) is 0 Å². The molecule has 3 saturated heterocycles. The summed E-state index contributed by atoms with van der Waals surface area (Å²) in [6.07, 6.45) is 0.519. The van der Waals surface area contributed by atoms with Crippen molar-refractivity contribution < 1.29 is 19.5 Å². The summed E-state index contributed by atoms with van der Waals surface area (Å²) in [4.78, 5) is 52.3. The van der Waals surface area contributed by atoms with Gasteiger partial charge in [0.1, 0.15) is 6.04 Å². The molecule has 3 aliphatic rings. The summed E-state index contributed by atoms with van der Waals surface area (Å²) in [7, 11) is 1.67. The molecule has 0 bridgehead atoms. The van der Waals surface area contributed by atoms with Gasteiger partial charge < -0.3 is 10.0 Å². The molecule has 10 heteroatoms. The van der Waals surface area contributed by atoms with E-state index in [1.54, 1.807) is 13.1 Å². The number of fused-ring (bicyclic) bond motifs is 1. The molecule has 3 unspecified atom stereocenters. The fourth-order valence-electron chi connectivity index (χ4n) is 6.80. The highest BCUT2D eigenvalue weighted by molar-refractivity contribution is 6.00. The lowest BCUT2D eigenvalue weighted by atomic mass is 9.61. The number of imide groups is 1. The van der Waals surface area contributed by atoms with E-state index in [-0.39, 0.29) is 34.9 Å². The molecule has 196 valence electrons. The Hall–Kier alpha value is -3.58. The van der Waals surface area contributed by atoms with Crippen LogP contribution in [-0.4, -0.2) is 74.2 Å². The van der Waals surface area contributed by atoms with Crippen molar-refractivity contribution in [1.29, 1.82) is 0 Å².